The molecule has 96 valence electrons. The largest absolute Gasteiger partial charge is 0.550 e. The number of aliphatic hydroxyl groups is 3. The number of hydrogen-bond donors (Lipinski definition) is 5. The highest BCUT2D eigenvalue weighted by Crippen LogP contribution is 2.35. The summed E-state index contributed by atoms with van der Waals surface area (Å²) in [7, 11) is -4.80. The molecule has 0 radical (unpaired) electrons. The Bertz CT molecular complexity index is 273. The molecule has 0 spiro atoms. The summed E-state index contributed by atoms with van der Waals surface area (Å²) in [6.07, 6.45) is -6.49. The summed E-state index contributed by atoms with van der Waals surface area (Å²) < 4.78 is 14.1. The van der Waals surface area contributed by atoms with Crippen molar-refractivity contribution in [1.29, 1.82) is 0 Å². The van der Waals surface area contributed by atoms with Gasteiger partial charge >= 0.3 is 7.82 Å². The quantitative estimate of drug-likeness (QED) is 0.289. The van der Waals surface area contributed by atoms with Crippen LogP contribution in [-0.4, -0.2) is 56.0 Å². The van der Waals surface area contributed by atoms with Crippen LogP contribution in [0.15, 0.2) is 0 Å². The zero-order valence-corrected chi connectivity index (χ0v) is 8.86. The lowest BCUT2D eigenvalue weighted by Gasteiger charge is -2.23. The topological polar surface area (TPSA) is 168 Å². The highest BCUT2D eigenvalue weighted by Gasteiger charge is 2.27. The molecule has 0 aliphatic rings. The van der Waals surface area contributed by atoms with E-state index in [-0.39, 0.29) is 0 Å². The van der Waals surface area contributed by atoms with Gasteiger partial charge in [0.1, 0.15) is 12.2 Å². The second-order valence-electron chi connectivity index (χ2n) is 2.99. The number of carboxylic acids is 1. The minimum Gasteiger partial charge on any atom is -0.550 e. The number of aliphatic carboxylic acids is 1. The Labute approximate surface area is 90.2 Å². The van der Waals surface area contributed by atoms with Crippen LogP contribution in [-0.2, 0) is 13.9 Å². The first kappa shape index (κ1) is 15.5. The first-order valence-corrected chi connectivity index (χ1v) is 5.60. The van der Waals surface area contributed by atoms with E-state index in [1.807, 2.05) is 0 Å². The van der Waals surface area contributed by atoms with Gasteiger partial charge in [0.15, 0.2) is 0 Å². The van der Waals surface area contributed by atoms with Crippen molar-refractivity contribution in [2.45, 2.75) is 24.7 Å². The maximum atomic E-state index is 10.2. The fourth-order valence-corrected chi connectivity index (χ4v) is 1.17. The minimum atomic E-state index is -4.80. The molecular formula is C6H12O9P-. The molecule has 0 amide bonds. The smallest absolute Gasteiger partial charge is 0.469 e. The normalized spacial score (nSPS) is 17.8. The van der Waals surface area contributed by atoms with E-state index in [0.717, 1.165) is 0 Å². The average Bonchev–Trinajstić information content (AvgIpc) is 2.10. The molecule has 0 aromatic rings. The van der Waals surface area contributed by atoms with Crippen LogP contribution in [0.2, 0.25) is 0 Å². The van der Waals surface area contributed by atoms with Crippen LogP contribution < -0.4 is 5.11 Å². The van der Waals surface area contributed by atoms with Crippen LogP contribution in [0.1, 0.15) is 6.42 Å². The molecule has 0 saturated carbocycles. The molecule has 16 heavy (non-hydrogen) atoms. The van der Waals surface area contributed by atoms with E-state index in [1.165, 1.54) is 0 Å². The van der Waals surface area contributed by atoms with Crippen molar-refractivity contribution in [3.05, 3.63) is 0 Å². The third-order valence-corrected chi connectivity index (χ3v) is 2.06. The Morgan fingerprint density at radius 3 is 2.12 bits per heavy atom. The van der Waals surface area contributed by atoms with Gasteiger partial charge in [-0.3, -0.25) is 4.52 Å². The molecule has 0 aromatic carbocycles. The van der Waals surface area contributed by atoms with Crippen molar-refractivity contribution >= 4 is 13.8 Å². The standard InChI is InChI=1S/C6H13O9P/c7-3(1-5(9)10)6(11)4(8)2-15-16(12,13)14/h3-4,6-8,11H,1-2H2,(H,9,10)(H2,12,13,14)/p-1/t3-,4+,6+/m0/s1. The third-order valence-electron chi connectivity index (χ3n) is 1.58. The van der Waals surface area contributed by atoms with Crippen LogP contribution in [0.5, 0.6) is 0 Å². The Kier molecular flexibility index (Phi) is 6.05. The molecule has 10 heteroatoms. The van der Waals surface area contributed by atoms with Gasteiger partial charge in [-0.25, -0.2) is 4.57 Å². The van der Waals surface area contributed by atoms with Gasteiger partial charge < -0.3 is 35.0 Å². The second kappa shape index (κ2) is 6.26. The Balaban J connectivity index is 4.12. The first-order chi connectivity index (χ1) is 7.13. The fourth-order valence-electron chi connectivity index (χ4n) is 0.820. The summed E-state index contributed by atoms with van der Waals surface area (Å²) in [5, 5.41) is 37.2. The summed E-state index contributed by atoms with van der Waals surface area (Å²) in [5.74, 6) is -1.64. The van der Waals surface area contributed by atoms with Crippen LogP contribution >= 0.6 is 7.82 Å². The van der Waals surface area contributed by atoms with Crippen LogP contribution in [0.3, 0.4) is 0 Å². The third kappa shape index (κ3) is 6.85. The molecular weight excluding hydrogens is 247 g/mol. The highest BCUT2D eigenvalue weighted by atomic mass is 31.2. The molecule has 5 N–H and O–H groups in total. The predicted molar refractivity (Wildman–Crippen MR) is 45.6 cm³/mol. The monoisotopic (exact) mass is 259 g/mol. The van der Waals surface area contributed by atoms with Gasteiger partial charge in [-0.15, -0.1) is 0 Å². The van der Waals surface area contributed by atoms with E-state index in [9.17, 15) is 14.5 Å². The summed E-state index contributed by atoms with van der Waals surface area (Å²) >= 11 is 0. The summed E-state index contributed by atoms with van der Waals surface area (Å²) in [4.78, 5) is 26.6. The number of carbonyl (C=O) groups is 1. The van der Waals surface area contributed by atoms with E-state index in [4.69, 9.17) is 25.1 Å². The van der Waals surface area contributed by atoms with Crippen LogP contribution in [0.4, 0.5) is 0 Å². The number of phosphoric acid groups is 1. The van der Waals surface area contributed by atoms with E-state index >= 15 is 0 Å². The number of carboxylic acid groups (broad SMARTS) is 1. The summed E-state index contributed by atoms with van der Waals surface area (Å²) in [5.41, 5.74) is 0. The lowest BCUT2D eigenvalue weighted by atomic mass is 10.1. The van der Waals surface area contributed by atoms with E-state index in [2.05, 4.69) is 4.52 Å². The molecule has 0 aromatic heterocycles. The van der Waals surface area contributed by atoms with Crippen molar-refractivity contribution in [3.8, 4) is 0 Å². The maximum Gasteiger partial charge on any atom is 0.469 e. The Morgan fingerprint density at radius 1 is 1.25 bits per heavy atom. The van der Waals surface area contributed by atoms with Crippen molar-refractivity contribution < 1.29 is 44.1 Å². The molecule has 0 heterocycles. The van der Waals surface area contributed by atoms with E-state index in [1.54, 1.807) is 0 Å². The van der Waals surface area contributed by atoms with Crippen LogP contribution in [0, 0.1) is 0 Å². The van der Waals surface area contributed by atoms with Gasteiger partial charge in [-0.2, -0.15) is 0 Å². The lowest BCUT2D eigenvalue weighted by Crippen LogP contribution is -2.42. The molecule has 0 fully saturated rings. The minimum absolute atomic E-state index is 0.922. The molecule has 0 saturated heterocycles. The molecule has 0 bridgehead atoms. The zero-order chi connectivity index (χ0) is 12.9. The second-order valence-corrected chi connectivity index (χ2v) is 4.23. The Morgan fingerprint density at radius 2 is 1.75 bits per heavy atom. The van der Waals surface area contributed by atoms with Crippen molar-refractivity contribution in [3.63, 3.8) is 0 Å². The molecule has 0 aliphatic carbocycles. The number of aliphatic hydroxyl groups excluding tert-OH is 3. The van der Waals surface area contributed by atoms with Crippen molar-refractivity contribution in [1.82, 2.24) is 0 Å². The predicted octanol–water partition coefficient (Wildman–Crippen LogP) is -3.68. The summed E-state index contributed by atoms with van der Waals surface area (Å²) in [6, 6.07) is 0. The number of carbonyl (C=O) groups excluding carboxylic acids is 1. The summed E-state index contributed by atoms with van der Waals surface area (Å²) in [6.45, 7) is -0.949. The van der Waals surface area contributed by atoms with Gasteiger partial charge in [0, 0.05) is 12.4 Å². The van der Waals surface area contributed by atoms with Gasteiger partial charge in [-0.05, 0) is 0 Å². The zero-order valence-electron chi connectivity index (χ0n) is 7.96. The molecule has 3 atom stereocenters. The fraction of sp³-hybridized carbons (Fsp3) is 0.833. The van der Waals surface area contributed by atoms with Crippen LogP contribution in [0.25, 0.3) is 0 Å². The molecule has 0 aliphatic heterocycles. The van der Waals surface area contributed by atoms with Crippen molar-refractivity contribution in [2.75, 3.05) is 6.61 Å². The van der Waals surface area contributed by atoms with Gasteiger partial charge in [0.2, 0.25) is 0 Å². The van der Waals surface area contributed by atoms with E-state index < -0.39 is 45.1 Å². The van der Waals surface area contributed by atoms with Gasteiger partial charge in [-0.1, -0.05) is 0 Å². The lowest BCUT2D eigenvalue weighted by molar-refractivity contribution is -0.308. The maximum absolute atomic E-state index is 10.2. The Hall–Kier alpha value is -0.540. The number of phosphoric ester groups is 1. The SMILES string of the molecule is O=C([O-])C[C@H](O)[C@@H](O)[C@H](O)COP(=O)(O)O. The number of hydrogen-bond acceptors (Lipinski definition) is 7. The van der Waals surface area contributed by atoms with E-state index in [0.29, 0.717) is 0 Å². The molecule has 0 unspecified atom stereocenters. The highest BCUT2D eigenvalue weighted by molar-refractivity contribution is 7.46. The van der Waals surface area contributed by atoms with Crippen molar-refractivity contribution in [2.24, 2.45) is 0 Å². The molecule has 9 nitrogen and oxygen atoms in total. The molecule has 0 rings (SSSR count). The number of rotatable bonds is 7. The van der Waals surface area contributed by atoms with Gasteiger partial charge in [0.05, 0.1) is 12.7 Å². The van der Waals surface area contributed by atoms with Gasteiger partial charge in [0.25, 0.3) is 0 Å². The first-order valence-electron chi connectivity index (χ1n) is 4.07. The average molecular weight is 259 g/mol.